The van der Waals surface area contributed by atoms with Crippen LogP contribution in [0, 0.1) is 0 Å². The van der Waals surface area contributed by atoms with Crippen molar-refractivity contribution in [2.45, 2.75) is 10.1 Å². The summed E-state index contributed by atoms with van der Waals surface area (Å²) in [5, 5.41) is 21.8. The van der Waals surface area contributed by atoms with Crippen LogP contribution in [0.5, 0.6) is 5.75 Å². The average Bonchev–Trinajstić information content (AvgIpc) is 2.73. The van der Waals surface area contributed by atoms with E-state index in [0.29, 0.717) is 26.7 Å². The van der Waals surface area contributed by atoms with E-state index in [4.69, 9.17) is 0 Å². The molecular weight excluding hydrogens is 412 g/mol. The summed E-state index contributed by atoms with van der Waals surface area (Å²) in [7, 11) is -4.43. The first-order chi connectivity index (χ1) is 13.9. The molecule has 4 aromatic rings. The van der Waals surface area contributed by atoms with Gasteiger partial charge in [-0.2, -0.15) is 8.42 Å². The standard InChI is InChI=1S/C19H14N4O4S2/c1-28-19-20-9-8-16(21-19)22-23-17-15-10-11(29(25,26)27)6-7-13(15)12-4-2-3-5-14(12)18(17)24/h2-10,24H,1H3,(H,25,26,27)/b23-22+. The van der Waals surface area contributed by atoms with Gasteiger partial charge in [-0.25, -0.2) is 9.97 Å². The predicted octanol–water partition coefficient (Wildman–Crippen LogP) is 4.87. The van der Waals surface area contributed by atoms with Crippen molar-refractivity contribution in [3.05, 3.63) is 54.7 Å². The largest absolute Gasteiger partial charge is 0.505 e. The minimum atomic E-state index is -4.43. The Kier molecular flexibility index (Phi) is 4.91. The van der Waals surface area contributed by atoms with E-state index in [1.165, 1.54) is 23.9 Å². The number of nitrogens with zero attached hydrogens (tertiary/aromatic N) is 4. The van der Waals surface area contributed by atoms with Crippen LogP contribution in [-0.4, -0.2) is 34.3 Å². The summed E-state index contributed by atoms with van der Waals surface area (Å²) in [6.45, 7) is 0. The van der Waals surface area contributed by atoms with E-state index in [0.717, 1.165) is 0 Å². The third kappa shape index (κ3) is 3.65. The Balaban J connectivity index is 2.01. The predicted molar refractivity (Wildman–Crippen MR) is 111 cm³/mol. The minimum Gasteiger partial charge on any atom is -0.505 e. The first-order valence-corrected chi connectivity index (χ1v) is 11.0. The number of thioether (sulfide) groups is 1. The maximum Gasteiger partial charge on any atom is 0.294 e. The lowest BCUT2D eigenvalue weighted by molar-refractivity contribution is 0.481. The van der Waals surface area contributed by atoms with Crippen molar-refractivity contribution in [1.82, 2.24) is 9.97 Å². The number of phenolic OH excluding ortho intramolecular Hbond substituents is 1. The SMILES string of the molecule is CSc1nccc(/N=N/c2c(O)c3ccccc3c3ccc(S(=O)(=O)O)cc23)n1. The molecule has 0 spiro atoms. The summed E-state index contributed by atoms with van der Waals surface area (Å²) >= 11 is 1.35. The number of aromatic nitrogens is 2. The maximum atomic E-state index is 11.6. The van der Waals surface area contributed by atoms with E-state index in [1.54, 1.807) is 36.5 Å². The summed E-state index contributed by atoms with van der Waals surface area (Å²) in [4.78, 5) is 7.97. The zero-order chi connectivity index (χ0) is 20.6. The van der Waals surface area contributed by atoms with Crippen molar-refractivity contribution in [3.63, 3.8) is 0 Å². The second kappa shape index (κ2) is 7.39. The molecule has 0 bridgehead atoms. The van der Waals surface area contributed by atoms with Crippen LogP contribution in [0.3, 0.4) is 0 Å². The quantitative estimate of drug-likeness (QED) is 0.157. The van der Waals surface area contributed by atoms with Gasteiger partial charge >= 0.3 is 0 Å². The molecule has 3 aromatic carbocycles. The van der Waals surface area contributed by atoms with E-state index in [2.05, 4.69) is 20.2 Å². The molecule has 10 heteroatoms. The lowest BCUT2D eigenvalue weighted by atomic mass is 9.99. The number of hydrogen-bond acceptors (Lipinski definition) is 8. The number of phenols is 1. The number of rotatable bonds is 4. The molecule has 29 heavy (non-hydrogen) atoms. The molecule has 1 aromatic heterocycles. The highest BCUT2D eigenvalue weighted by atomic mass is 32.2. The van der Waals surface area contributed by atoms with Crippen LogP contribution in [0.4, 0.5) is 11.5 Å². The highest BCUT2D eigenvalue weighted by molar-refractivity contribution is 7.98. The molecule has 0 saturated heterocycles. The molecule has 8 nitrogen and oxygen atoms in total. The van der Waals surface area contributed by atoms with Crippen LogP contribution >= 0.6 is 11.8 Å². The first-order valence-electron chi connectivity index (χ1n) is 8.32. The van der Waals surface area contributed by atoms with Gasteiger partial charge in [-0.1, -0.05) is 42.1 Å². The molecule has 0 unspecified atom stereocenters. The highest BCUT2D eigenvalue weighted by Crippen LogP contribution is 2.44. The Hall–Kier alpha value is -3.08. The van der Waals surface area contributed by atoms with Crippen molar-refractivity contribution in [2.24, 2.45) is 10.2 Å². The van der Waals surface area contributed by atoms with Gasteiger partial charge in [0.25, 0.3) is 10.1 Å². The van der Waals surface area contributed by atoms with Crippen LogP contribution in [-0.2, 0) is 10.1 Å². The monoisotopic (exact) mass is 426 g/mol. The van der Waals surface area contributed by atoms with Crippen molar-refractivity contribution in [1.29, 1.82) is 0 Å². The second-order valence-corrected chi connectivity index (χ2v) is 8.22. The van der Waals surface area contributed by atoms with Crippen LogP contribution in [0.15, 0.2) is 75.0 Å². The molecule has 0 fully saturated rings. The number of aromatic hydroxyl groups is 1. The van der Waals surface area contributed by atoms with Gasteiger partial charge in [0.2, 0.25) is 0 Å². The summed E-state index contributed by atoms with van der Waals surface area (Å²) in [5.74, 6) is 0.138. The van der Waals surface area contributed by atoms with Gasteiger partial charge in [-0.05, 0) is 29.2 Å². The summed E-state index contributed by atoms with van der Waals surface area (Å²) in [6, 6.07) is 12.8. The Morgan fingerprint density at radius 3 is 2.41 bits per heavy atom. The topological polar surface area (TPSA) is 125 Å². The fourth-order valence-corrected chi connectivity index (χ4v) is 3.84. The Labute approximate surface area is 170 Å². The summed E-state index contributed by atoms with van der Waals surface area (Å²) in [6.07, 6.45) is 3.37. The van der Waals surface area contributed by atoms with Gasteiger partial charge in [0.1, 0.15) is 5.69 Å². The molecule has 146 valence electrons. The lowest BCUT2D eigenvalue weighted by Crippen LogP contribution is -1.97. The third-order valence-electron chi connectivity index (χ3n) is 4.29. The fourth-order valence-electron chi connectivity index (χ4n) is 2.98. The van der Waals surface area contributed by atoms with Crippen molar-refractivity contribution >= 4 is 54.9 Å². The molecule has 0 aliphatic heterocycles. The molecular formula is C19H14N4O4S2. The van der Waals surface area contributed by atoms with E-state index in [9.17, 15) is 18.1 Å². The van der Waals surface area contributed by atoms with Gasteiger partial charge in [0, 0.05) is 23.0 Å². The van der Waals surface area contributed by atoms with Crippen molar-refractivity contribution in [2.75, 3.05) is 6.26 Å². The summed E-state index contributed by atoms with van der Waals surface area (Å²) in [5.41, 5.74) is 0.0773. The van der Waals surface area contributed by atoms with Crippen LogP contribution in [0.2, 0.25) is 0 Å². The number of fused-ring (bicyclic) bond motifs is 3. The van der Waals surface area contributed by atoms with E-state index >= 15 is 0 Å². The molecule has 4 rings (SSSR count). The van der Waals surface area contributed by atoms with Gasteiger partial charge in [-0.15, -0.1) is 10.2 Å². The Morgan fingerprint density at radius 1 is 0.966 bits per heavy atom. The minimum absolute atomic E-state index is 0.0773. The van der Waals surface area contributed by atoms with Crippen molar-refractivity contribution < 1.29 is 18.1 Å². The van der Waals surface area contributed by atoms with Gasteiger partial charge in [0.15, 0.2) is 16.7 Å². The van der Waals surface area contributed by atoms with Crippen molar-refractivity contribution in [3.8, 4) is 5.75 Å². The number of azo groups is 1. The van der Waals surface area contributed by atoms with E-state index < -0.39 is 10.1 Å². The van der Waals surface area contributed by atoms with Crippen LogP contribution in [0.1, 0.15) is 0 Å². The zero-order valence-electron chi connectivity index (χ0n) is 15.0. The van der Waals surface area contributed by atoms with Gasteiger partial charge in [-0.3, -0.25) is 4.55 Å². The number of benzene rings is 3. The Morgan fingerprint density at radius 2 is 1.69 bits per heavy atom. The number of hydrogen-bond donors (Lipinski definition) is 2. The highest BCUT2D eigenvalue weighted by Gasteiger charge is 2.17. The van der Waals surface area contributed by atoms with Gasteiger partial charge in [0.05, 0.1) is 4.90 Å². The normalized spacial score (nSPS) is 12.2. The molecule has 2 N–H and O–H groups in total. The molecule has 0 aliphatic carbocycles. The zero-order valence-corrected chi connectivity index (χ0v) is 16.6. The molecule has 0 atom stereocenters. The fraction of sp³-hybridized carbons (Fsp3) is 0.0526. The van der Waals surface area contributed by atoms with Gasteiger partial charge < -0.3 is 5.11 Å². The Bertz CT molecular complexity index is 1390. The lowest BCUT2D eigenvalue weighted by Gasteiger charge is -2.11. The van der Waals surface area contributed by atoms with Crippen LogP contribution in [0.25, 0.3) is 21.5 Å². The smallest absolute Gasteiger partial charge is 0.294 e. The van der Waals surface area contributed by atoms with E-state index in [-0.39, 0.29) is 22.2 Å². The first kappa shape index (κ1) is 19.2. The van der Waals surface area contributed by atoms with Crippen LogP contribution < -0.4 is 0 Å². The molecule has 1 heterocycles. The molecule has 0 aliphatic rings. The molecule has 0 amide bonds. The maximum absolute atomic E-state index is 11.6. The molecule has 0 radical (unpaired) electrons. The molecule has 0 saturated carbocycles. The second-order valence-electron chi connectivity index (χ2n) is 6.03. The average molecular weight is 426 g/mol. The third-order valence-corrected chi connectivity index (χ3v) is 5.71. The summed E-state index contributed by atoms with van der Waals surface area (Å²) < 4.78 is 32.6. The van der Waals surface area contributed by atoms with E-state index in [1.807, 2.05) is 12.3 Å².